The van der Waals surface area contributed by atoms with Crippen molar-refractivity contribution in [1.29, 1.82) is 0 Å². The fraction of sp³-hybridized carbons (Fsp3) is 0.350. The van der Waals surface area contributed by atoms with Crippen LogP contribution in [-0.4, -0.2) is 33.4 Å². The van der Waals surface area contributed by atoms with Crippen molar-refractivity contribution in [3.05, 3.63) is 47.5 Å². The minimum absolute atomic E-state index is 0.354. The molecule has 0 bridgehead atoms. The fourth-order valence-corrected chi connectivity index (χ4v) is 3.12. The van der Waals surface area contributed by atoms with Crippen LogP contribution in [0.4, 0.5) is 0 Å². The summed E-state index contributed by atoms with van der Waals surface area (Å²) in [5.74, 6) is 2.33. The highest BCUT2D eigenvalue weighted by Gasteiger charge is 2.35. The molecule has 138 valence electrons. The van der Waals surface area contributed by atoms with E-state index in [0.717, 1.165) is 16.9 Å². The van der Waals surface area contributed by atoms with E-state index >= 15 is 0 Å². The Bertz CT molecular complexity index is 784. The van der Waals surface area contributed by atoms with Crippen LogP contribution < -0.4 is 18.9 Å². The third-order valence-corrected chi connectivity index (χ3v) is 4.36. The molecule has 2 atom stereocenters. The van der Waals surface area contributed by atoms with E-state index in [1.165, 1.54) is 6.92 Å². The van der Waals surface area contributed by atoms with Gasteiger partial charge in [-0.25, -0.2) is 0 Å². The molecular formula is C20H22O6. The standard InChI is InChI=1S/C20H22O6/c1-12(21)25-19-11-16-17(24-4)9-15(23-3)10-18(16)26-20(19)13-5-7-14(22-2)8-6-13/h5-10,19-20H,11H2,1-4H3/t19-,20+/m0/s1. The zero-order valence-corrected chi connectivity index (χ0v) is 15.3. The zero-order valence-electron chi connectivity index (χ0n) is 15.3. The number of benzene rings is 2. The van der Waals surface area contributed by atoms with E-state index in [9.17, 15) is 4.79 Å². The lowest BCUT2D eigenvalue weighted by molar-refractivity contribution is -0.152. The van der Waals surface area contributed by atoms with Crippen LogP contribution in [0.1, 0.15) is 24.2 Å². The molecule has 6 heteroatoms. The third kappa shape index (κ3) is 3.54. The summed E-state index contributed by atoms with van der Waals surface area (Å²) in [7, 11) is 4.79. The van der Waals surface area contributed by atoms with Gasteiger partial charge >= 0.3 is 5.97 Å². The topological polar surface area (TPSA) is 63.2 Å². The highest BCUT2D eigenvalue weighted by Crippen LogP contribution is 2.43. The molecule has 0 aliphatic carbocycles. The Morgan fingerprint density at radius 2 is 1.69 bits per heavy atom. The van der Waals surface area contributed by atoms with E-state index < -0.39 is 12.2 Å². The number of methoxy groups -OCH3 is 3. The Balaban J connectivity index is 2.01. The van der Waals surface area contributed by atoms with Crippen molar-refractivity contribution in [2.75, 3.05) is 21.3 Å². The summed E-state index contributed by atoms with van der Waals surface area (Å²) in [5.41, 5.74) is 1.74. The van der Waals surface area contributed by atoms with Crippen LogP contribution in [0.5, 0.6) is 23.0 Å². The van der Waals surface area contributed by atoms with Crippen molar-refractivity contribution in [3.63, 3.8) is 0 Å². The molecule has 0 unspecified atom stereocenters. The molecule has 0 spiro atoms. The van der Waals surface area contributed by atoms with Crippen molar-refractivity contribution >= 4 is 5.97 Å². The van der Waals surface area contributed by atoms with Crippen LogP contribution in [0.25, 0.3) is 0 Å². The van der Waals surface area contributed by atoms with Gasteiger partial charge in [-0.3, -0.25) is 4.79 Å². The molecule has 2 aromatic rings. The number of esters is 1. The van der Waals surface area contributed by atoms with Crippen LogP contribution in [0, 0.1) is 0 Å². The van der Waals surface area contributed by atoms with E-state index in [4.69, 9.17) is 23.7 Å². The molecule has 1 heterocycles. The maximum atomic E-state index is 11.6. The fourth-order valence-electron chi connectivity index (χ4n) is 3.12. The van der Waals surface area contributed by atoms with E-state index in [1.54, 1.807) is 27.4 Å². The van der Waals surface area contributed by atoms with Gasteiger partial charge in [-0.2, -0.15) is 0 Å². The quantitative estimate of drug-likeness (QED) is 0.764. The molecule has 26 heavy (non-hydrogen) atoms. The summed E-state index contributed by atoms with van der Waals surface area (Å²) in [6.45, 7) is 1.39. The van der Waals surface area contributed by atoms with Crippen molar-refractivity contribution in [3.8, 4) is 23.0 Å². The van der Waals surface area contributed by atoms with Gasteiger partial charge in [0, 0.05) is 31.0 Å². The highest BCUT2D eigenvalue weighted by molar-refractivity contribution is 5.66. The molecule has 2 aromatic carbocycles. The van der Waals surface area contributed by atoms with Crippen LogP contribution >= 0.6 is 0 Å². The lowest BCUT2D eigenvalue weighted by Gasteiger charge is -2.34. The second kappa shape index (κ2) is 7.56. The highest BCUT2D eigenvalue weighted by atomic mass is 16.6. The van der Waals surface area contributed by atoms with Crippen LogP contribution in [-0.2, 0) is 16.0 Å². The zero-order chi connectivity index (χ0) is 18.7. The summed E-state index contributed by atoms with van der Waals surface area (Å²) in [6, 6.07) is 11.1. The second-order valence-corrected chi connectivity index (χ2v) is 5.97. The largest absolute Gasteiger partial charge is 0.497 e. The van der Waals surface area contributed by atoms with Gasteiger partial charge in [-0.15, -0.1) is 0 Å². The SMILES string of the molecule is COc1ccc([C@H]2Oc3cc(OC)cc(OC)c3C[C@@H]2OC(C)=O)cc1. The number of rotatable bonds is 5. The minimum Gasteiger partial charge on any atom is -0.497 e. The molecule has 0 saturated carbocycles. The van der Waals surface area contributed by atoms with Crippen LogP contribution in [0.2, 0.25) is 0 Å². The molecule has 0 aromatic heterocycles. The van der Waals surface area contributed by atoms with Gasteiger partial charge in [0.1, 0.15) is 29.1 Å². The normalized spacial score (nSPS) is 18.3. The maximum absolute atomic E-state index is 11.6. The van der Waals surface area contributed by atoms with Gasteiger partial charge in [0.05, 0.1) is 21.3 Å². The number of fused-ring (bicyclic) bond motifs is 1. The van der Waals surface area contributed by atoms with E-state index in [2.05, 4.69) is 0 Å². The molecule has 1 aliphatic rings. The van der Waals surface area contributed by atoms with Crippen molar-refractivity contribution in [2.45, 2.75) is 25.6 Å². The summed E-state index contributed by atoms with van der Waals surface area (Å²) >= 11 is 0. The Kier molecular flexibility index (Phi) is 5.21. The van der Waals surface area contributed by atoms with Gasteiger partial charge in [0.15, 0.2) is 6.10 Å². The molecule has 0 amide bonds. The lowest BCUT2D eigenvalue weighted by Crippen LogP contribution is -2.34. The molecule has 0 N–H and O–H groups in total. The first-order valence-electron chi connectivity index (χ1n) is 8.28. The number of hydrogen-bond donors (Lipinski definition) is 0. The van der Waals surface area contributed by atoms with Crippen molar-refractivity contribution in [2.24, 2.45) is 0 Å². The lowest BCUT2D eigenvalue weighted by atomic mass is 9.93. The van der Waals surface area contributed by atoms with Crippen LogP contribution in [0.15, 0.2) is 36.4 Å². The minimum atomic E-state index is -0.462. The third-order valence-electron chi connectivity index (χ3n) is 4.36. The van der Waals surface area contributed by atoms with Gasteiger partial charge in [0.2, 0.25) is 0 Å². The predicted molar refractivity (Wildman–Crippen MR) is 95.2 cm³/mol. The summed E-state index contributed by atoms with van der Waals surface area (Å²) in [4.78, 5) is 11.6. The first-order valence-corrected chi connectivity index (χ1v) is 8.28. The molecular weight excluding hydrogens is 336 g/mol. The van der Waals surface area contributed by atoms with Gasteiger partial charge in [-0.1, -0.05) is 12.1 Å². The Hall–Kier alpha value is -2.89. The number of carbonyl (C=O) groups excluding carboxylic acids is 1. The number of hydrogen-bond acceptors (Lipinski definition) is 6. The van der Waals surface area contributed by atoms with Gasteiger partial charge < -0.3 is 23.7 Å². The molecule has 0 fully saturated rings. The van der Waals surface area contributed by atoms with Crippen molar-refractivity contribution < 1.29 is 28.5 Å². The number of ether oxygens (including phenoxy) is 5. The van der Waals surface area contributed by atoms with Gasteiger partial charge in [0.25, 0.3) is 0 Å². The predicted octanol–water partition coefficient (Wildman–Crippen LogP) is 3.32. The first-order chi connectivity index (χ1) is 12.5. The molecule has 0 radical (unpaired) electrons. The summed E-state index contributed by atoms with van der Waals surface area (Å²) < 4.78 is 27.7. The maximum Gasteiger partial charge on any atom is 0.303 e. The smallest absolute Gasteiger partial charge is 0.303 e. The average Bonchev–Trinajstić information content (AvgIpc) is 2.66. The second-order valence-electron chi connectivity index (χ2n) is 5.97. The average molecular weight is 358 g/mol. The van der Waals surface area contributed by atoms with E-state index in [-0.39, 0.29) is 5.97 Å². The molecule has 6 nitrogen and oxygen atoms in total. The molecule has 0 saturated heterocycles. The van der Waals surface area contributed by atoms with E-state index in [0.29, 0.717) is 23.7 Å². The summed E-state index contributed by atoms with van der Waals surface area (Å²) in [5, 5.41) is 0. The number of carbonyl (C=O) groups is 1. The first kappa shape index (κ1) is 17.9. The Morgan fingerprint density at radius 1 is 1.00 bits per heavy atom. The van der Waals surface area contributed by atoms with E-state index in [1.807, 2.05) is 30.3 Å². The monoisotopic (exact) mass is 358 g/mol. The molecule has 3 rings (SSSR count). The Labute approximate surface area is 152 Å². The van der Waals surface area contributed by atoms with Crippen LogP contribution in [0.3, 0.4) is 0 Å². The summed E-state index contributed by atoms with van der Waals surface area (Å²) in [6.07, 6.45) is -0.413. The van der Waals surface area contributed by atoms with Gasteiger partial charge in [-0.05, 0) is 17.7 Å². The Morgan fingerprint density at radius 3 is 2.27 bits per heavy atom. The molecule has 1 aliphatic heterocycles. The van der Waals surface area contributed by atoms with Crippen molar-refractivity contribution in [1.82, 2.24) is 0 Å².